The van der Waals surface area contributed by atoms with Gasteiger partial charge in [0.2, 0.25) is 0 Å². The molecule has 2 rings (SSSR count). The summed E-state index contributed by atoms with van der Waals surface area (Å²) in [5, 5.41) is 10.2. The molecular weight excluding hydrogens is 272 g/mol. The van der Waals surface area contributed by atoms with Crippen LogP contribution in [0.2, 0.25) is 0 Å². The minimum atomic E-state index is -1.23. The van der Waals surface area contributed by atoms with Crippen LogP contribution in [0.4, 0.5) is 0 Å². The van der Waals surface area contributed by atoms with Gasteiger partial charge < -0.3 is 9.84 Å². The molecule has 1 aliphatic rings. The van der Waals surface area contributed by atoms with Crippen molar-refractivity contribution in [3.63, 3.8) is 0 Å². The molecule has 1 aliphatic heterocycles. The van der Waals surface area contributed by atoms with E-state index in [2.05, 4.69) is 0 Å². The average molecular weight is 288 g/mol. The molecule has 0 amide bonds. The van der Waals surface area contributed by atoms with Gasteiger partial charge in [-0.1, -0.05) is 12.1 Å². The second-order valence-electron chi connectivity index (χ2n) is 4.11. The van der Waals surface area contributed by atoms with Gasteiger partial charge in [-0.05, 0) is 24.1 Å². The fourth-order valence-electron chi connectivity index (χ4n) is 1.94. The SMILES string of the molecule is COc1ccc([C@H](O)C2S(=O)CCCS2=O)cc1. The Balaban J connectivity index is 2.20. The molecule has 0 aliphatic carbocycles. The summed E-state index contributed by atoms with van der Waals surface area (Å²) in [6.45, 7) is 0. The Kier molecular flexibility index (Phi) is 4.53. The third kappa shape index (κ3) is 2.81. The van der Waals surface area contributed by atoms with Gasteiger partial charge in [0, 0.05) is 33.1 Å². The summed E-state index contributed by atoms with van der Waals surface area (Å²) in [7, 11) is -0.888. The van der Waals surface area contributed by atoms with Gasteiger partial charge in [-0.3, -0.25) is 8.42 Å². The van der Waals surface area contributed by atoms with E-state index < -0.39 is 32.3 Å². The van der Waals surface area contributed by atoms with E-state index in [1.807, 2.05) is 0 Å². The predicted octanol–water partition coefficient (Wildman–Crippen LogP) is 0.956. The molecule has 100 valence electrons. The summed E-state index contributed by atoms with van der Waals surface area (Å²) >= 11 is 0. The summed E-state index contributed by atoms with van der Waals surface area (Å²) in [6, 6.07) is 6.89. The Morgan fingerprint density at radius 3 is 2.28 bits per heavy atom. The Hall–Kier alpha value is -0.720. The number of rotatable bonds is 3. The molecule has 18 heavy (non-hydrogen) atoms. The number of methoxy groups -OCH3 is 1. The quantitative estimate of drug-likeness (QED) is 0.899. The monoisotopic (exact) mass is 288 g/mol. The van der Waals surface area contributed by atoms with Crippen LogP contribution < -0.4 is 4.74 Å². The molecule has 1 saturated heterocycles. The van der Waals surface area contributed by atoms with Crippen molar-refractivity contribution < 1.29 is 18.3 Å². The summed E-state index contributed by atoms with van der Waals surface area (Å²) in [5.74, 6) is 1.73. The number of hydrogen-bond donors (Lipinski definition) is 1. The lowest BCUT2D eigenvalue weighted by Gasteiger charge is -2.25. The minimum Gasteiger partial charge on any atom is -0.497 e. The van der Waals surface area contributed by atoms with Crippen LogP contribution in [0.25, 0.3) is 0 Å². The molecule has 6 heteroatoms. The highest BCUT2D eigenvalue weighted by Gasteiger charge is 2.34. The Labute approximate surface area is 111 Å². The van der Waals surface area contributed by atoms with Crippen LogP contribution in [0.15, 0.2) is 24.3 Å². The molecule has 1 heterocycles. The van der Waals surface area contributed by atoms with Crippen LogP contribution in [0, 0.1) is 0 Å². The van der Waals surface area contributed by atoms with Crippen LogP contribution in [-0.2, 0) is 21.6 Å². The van der Waals surface area contributed by atoms with Crippen LogP contribution >= 0.6 is 0 Å². The zero-order valence-electron chi connectivity index (χ0n) is 10.1. The van der Waals surface area contributed by atoms with Gasteiger partial charge in [-0.2, -0.15) is 0 Å². The minimum absolute atomic E-state index is 0.517. The van der Waals surface area contributed by atoms with Crippen LogP contribution in [-0.4, -0.2) is 36.7 Å². The molecule has 1 aromatic rings. The number of aliphatic hydroxyl groups is 1. The molecule has 1 aromatic carbocycles. The molecule has 0 aromatic heterocycles. The largest absolute Gasteiger partial charge is 0.497 e. The second kappa shape index (κ2) is 5.95. The summed E-state index contributed by atoms with van der Waals surface area (Å²) in [4.78, 5) is 0. The van der Waals surface area contributed by atoms with E-state index >= 15 is 0 Å². The third-order valence-corrected chi connectivity index (χ3v) is 7.15. The smallest absolute Gasteiger partial charge is 0.140 e. The Morgan fingerprint density at radius 2 is 1.78 bits per heavy atom. The highest BCUT2D eigenvalue weighted by molar-refractivity contribution is 8.03. The van der Waals surface area contributed by atoms with Gasteiger partial charge in [0.25, 0.3) is 0 Å². The first kappa shape index (κ1) is 13.7. The topological polar surface area (TPSA) is 63.6 Å². The van der Waals surface area contributed by atoms with Gasteiger partial charge >= 0.3 is 0 Å². The first-order valence-electron chi connectivity index (χ1n) is 5.70. The van der Waals surface area contributed by atoms with Crippen LogP contribution in [0.5, 0.6) is 5.75 Å². The summed E-state index contributed by atoms with van der Waals surface area (Å²) in [6.07, 6.45) is -0.247. The van der Waals surface area contributed by atoms with Crippen LogP contribution in [0.1, 0.15) is 18.1 Å². The van der Waals surface area contributed by atoms with Gasteiger partial charge in [0.05, 0.1) is 7.11 Å². The Morgan fingerprint density at radius 1 is 1.22 bits per heavy atom. The van der Waals surface area contributed by atoms with E-state index in [1.54, 1.807) is 31.4 Å². The molecule has 0 radical (unpaired) electrons. The molecule has 0 bridgehead atoms. The zero-order chi connectivity index (χ0) is 13.1. The van der Waals surface area contributed by atoms with Crippen molar-refractivity contribution in [1.82, 2.24) is 0 Å². The van der Waals surface area contributed by atoms with E-state index in [4.69, 9.17) is 4.74 Å². The summed E-state index contributed by atoms with van der Waals surface area (Å²) in [5.41, 5.74) is 0.629. The average Bonchev–Trinajstić information content (AvgIpc) is 2.38. The highest BCUT2D eigenvalue weighted by atomic mass is 32.2. The first-order chi connectivity index (χ1) is 8.63. The number of ether oxygens (including phenoxy) is 1. The number of benzene rings is 1. The maximum atomic E-state index is 11.9. The van der Waals surface area contributed by atoms with Crippen molar-refractivity contribution in [2.24, 2.45) is 0 Å². The second-order valence-corrected chi connectivity index (χ2v) is 7.76. The van der Waals surface area contributed by atoms with E-state index in [-0.39, 0.29) is 0 Å². The lowest BCUT2D eigenvalue weighted by atomic mass is 10.1. The van der Waals surface area contributed by atoms with Crippen molar-refractivity contribution in [2.45, 2.75) is 17.1 Å². The molecule has 1 fully saturated rings. The van der Waals surface area contributed by atoms with Gasteiger partial charge in [-0.15, -0.1) is 0 Å². The molecule has 1 N–H and O–H groups in total. The van der Waals surface area contributed by atoms with E-state index in [0.29, 0.717) is 29.2 Å². The number of hydrogen-bond acceptors (Lipinski definition) is 4. The van der Waals surface area contributed by atoms with Gasteiger partial charge in [0.1, 0.15) is 16.4 Å². The maximum Gasteiger partial charge on any atom is 0.140 e. The molecule has 0 spiro atoms. The van der Waals surface area contributed by atoms with E-state index in [1.165, 1.54) is 0 Å². The van der Waals surface area contributed by atoms with Gasteiger partial charge in [-0.25, -0.2) is 0 Å². The van der Waals surface area contributed by atoms with Crippen molar-refractivity contribution in [3.8, 4) is 5.75 Å². The first-order valence-corrected chi connectivity index (χ1v) is 8.46. The lowest BCUT2D eigenvalue weighted by molar-refractivity contribution is 0.193. The fraction of sp³-hybridized carbons (Fsp3) is 0.500. The number of aliphatic hydroxyl groups excluding tert-OH is 1. The molecule has 2 unspecified atom stereocenters. The van der Waals surface area contributed by atoms with Crippen molar-refractivity contribution >= 4 is 21.6 Å². The van der Waals surface area contributed by atoms with Crippen molar-refractivity contribution in [2.75, 3.05) is 18.6 Å². The third-order valence-electron chi connectivity index (χ3n) is 2.92. The predicted molar refractivity (Wildman–Crippen MR) is 72.4 cm³/mol. The molecule has 0 saturated carbocycles. The van der Waals surface area contributed by atoms with Crippen molar-refractivity contribution in [3.05, 3.63) is 29.8 Å². The fourth-order valence-corrected chi connectivity index (χ4v) is 5.87. The van der Waals surface area contributed by atoms with Crippen LogP contribution in [0.3, 0.4) is 0 Å². The maximum absolute atomic E-state index is 11.9. The normalized spacial score (nSPS) is 29.8. The Bertz CT molecular complexity index is 442. The zero-order valence-corrected chi connectivity index (χ0v) is 11.7. The van der Waals surface area contributed by atoms with E-state index in [0.717, 1.165) is 0 Å². The molecule has 4 nitrogen and oxygen atoms in total. The van der Waals surface area contributed by atoms with Gasteiger partial charge in [0.15, 0.2) is 0 Å². The molecule has 3 atom stereocenters. The van der Waals surface area contributed by atoms with E-state index in [9.17, 15) is 13.5 Å². The summed E-state index contributed by atoms with van der Waals surface area (Å²) < 4.78 is 28.1. The highest BCUT2D eigenvalue weighted by Crippen LogP contribution is 2.28. The van der Waals surface area contributed by atoms with Crippen molar-refractivity contribution in [1.29, 1.82) is 0 Å². The standard InChI is InChI=1S/C12H16O4S2/c1-16-10-5-3-9(4-6-10)11(13)12-17(14)7-2-8-18(12)15/h3-6,11-13H,2,7-8H2,1H3/t11-,12?,17?,18?/m0/s1. The lowest BCUT2D eigenvalue weighted by Crippen LogP contribution is -2.35. The molecular formula is C12H16O4S2.